The zero-order chi connectivity index (χ0) is 14.5. The van der Waals surface area contributed by atoms with E-state index >= 15 is 0 Å². The van der Waals surface area contributed by atoms with Gasteiger partial charge in [0.25, 0.3) is 5.91 Å². The van der Waals surface area contributed by atoms with E-state index in [9.17, 15) is 9.18 Å². The normalized spacial score (nSPS) is 11.8. The van der Waals surface area contributed by atoms with Gasteiger partial charge in [-0.05, 0) is 49.4 Å². The fourth-order valence-corrected chi connectivity index (χ4v) is 1.85. The molecule has 0 saturated heterocycles. The molecule has 0 saturated carbocycles. The van der Waals surface area contributed by atoms with Gasteiger partial charge in [0.15, 0.2) is 6.10 Å². The Hall–Kier alpha value is -1.88. The number of halogens is 2. The molecule has 1 amide bonds. The fraction of sp³-hybridized carbons (Fsp3) is 0.133. The molecule has 0 spiro atoms. The molecule has 2 aromatic carbocycles. The number of amides is 1. The van der Waals surface area contributed by atoms with Gasteiger partial charge < -0.3 is 10.1 Å². The molecule has 0 aliphatic heterocycles. The molecular formula is C15H13BrFNO2. The molecular weight excluding hydrogens is 325 g/mol. The van der Waals surface area contributed by atoms with Gasteiger partial charge in [0, 0.05) is 10.2 Å². The minimum atomic E-state index is -0.681. The topological polar surface area (TPSA) is 38.3 Å². The number of rotatable bonds is 4. The predicted octanol–water partition coefficient (Wildman–Crippen LogP) is 3.99. The van der Waals surface area contributed by atoms with Gasteiger partial charge in [-0.2, -0.15) is 0 Å². The fourth-order valence-electron chi connectivity index (χ4n) is 1.58. The van der Waals surface area contributed by atoms with E-state index in [1.165, 1.54) is 18.2 Å². The molecule has 3 nitrogen and oxygen atoms in total. The quantitative estimate of drug-likeness (QED) is 0.915. The van der Waals surface area contributed by atoms with Crippen molar-refractivity contribution in [2.75, 3.05) is 5.32 Å². The van der Waals surface area contributed by atoms with Crippen LogP contribution in [-0.2, 0) is 4.79 Å². The van der Waals surface area contributed by atoms with Crippen LogP contribution in [0.3, 0.4) is 0 Å². The second kappa shape index (κ2) is 6.52. The molecule has 20 heavy (non-hydrogen) atoms. The van der Waals surface area contributed by atoms with E-state index in [1.807, 2.05) is 12.1 Å². The van der Waals surface area contributed by atoms with E-state index in [-0.39, 0.29) is 5.91 Å². The molecule has 0 heterocycles. The van der Waals surface area contributed by atoms with Crippen LogP contribution in [0.2, 0.25) is 0 Å². The minimum absolute atomic E-state index is 0.335. The molecule has 0 aromatic heterocycles. The smallest absolute Gasteiger partial charge is 0.265 e. The van der Waals surface area contributed by atoms with E-state index in [1.54, 1.807) is 25.1 Å². The molecule has 1 atom stereocenters. The van der Waals surface area contributed by atoms with Crippen molar-refractivity contribution in [3.05, 3.63) is 58.8 Å². The lowest BCUT2D eigenvalue weighted by Crippen LogP contribution is -2.30. The summed E-state index contributed by atoms with van der Waals surface area (Å²) in [5, 5.41) is 2.60. The van der Waals surface area contributed by atoms with Crippen LogP contribution in [0.4, 0.5) is 10.1 Å². The number of nitrogens with one attached hydrogen (secondary N) is 1. The summed E-state index contributed by atoms with van der Waals surface area (Å²) in [6, 6.07) is 12.9. The molecule has 0 aliphatic carbocycles. The lowest BCUT2D eigenvalue weighted by Gasteiger charge is -2.14. The van der Waals surface area contributed by atoms with Gasteiger partial charge in [-0.1, -0.05) is 22.0 Å². The van der Waals surface area contributed by atoms with Gasteiger partial charge in [-0.3, -0.25) is 4.79 Å². The third-order valence-corrected chi connectivity index (χ3v) is 3.12. The summed E-state index contributed by atoms with van der Waals surface area (Å²) < 4.78 is 19.5. The van der Waals surface area contributed by atoms with Gasteiger partial charge in [0.1, 0.15) is 11.6 Å². The zero-order valence-electron chi connectivity index (χ0n) is 10.8. The largest absolute Gasteiger partial charge is 0.481 e. The molecule has 0 unspecified atom stereocenters. The summed E-state index contributed by atoms with van der Waals surface area (Å²) in [5.41, 5.74) is 0.404. The van der Waals surface area contributed by atoms with E-state index in [0.717, 1.165) is 4.47 Å². The summed E-state index contributed by atoms with van der Waals surface area (Å²) in [6.07, 6.45) is -0.681. The number of hydrogen-bond acceptors (Lipinski definition) is 2. The van der Waals surface area contributed by atoms with Crippen LogP contribution < -0.4 is 10.1 Å². The van der Waals surface area contributed by atoms with Crippen LogP contribution in [0, 0.1) is 5.82 Å². The summed E-state index contributed by atoms with van der Waals surface area (Å²) in [5.74, 6) is -0.141. The molecule has 0 radical (unpaired) electrons. The van der Waals surface area contributed by atoms with Crippen molar-refractivity contribution in [3.63, 3.8) is 0 Å². The first kappa shape index (κ1) is 14.5. The van der Waals surface area contributed by atoms with Gasteiger partial charge in [0.05, 0.1) is 0 Å². The van der Waals surface area contributed by atoms with Crippen molar-refractivity contribution in [2.24, 2.45) is 0 Å². The van der Waals surface area contributed by atoms with Crippen molar-refractivity contribution in [1.29, 1.82) is 0 Å². The first-order valence-corrected chi connectivity index (χ1v) is 6.82. The number of ether oxygens (including phenoxy) is 1. The average molecular weight is 338 g/mol. The highest BCUT2D eigenvalue weighted by atomic mass is 79.9. The first-order valence-electron chi connectivity index (χ1n) is 6.03. The van der Waals surface area contributed by atoms with Crippen LogP contribution in [0.5, 0.6) is 5.75 Å². The lowest BCUT2D eigenvalue weighted by molar-refractivity contribution is -0.122. The summed E-state index contributed by atoms with van der Waals surface area (Å²) >= 11 is 3.32. The Morgan fingerprint density at radius 2 is 1.95 bits per heavy atom. The zero-order valence-corrected chi connectivity index (χ0v) is 12.4. The van der Waals surface area contributed by atoms with Crippen molar-refractivity contribution in [3.8, 4) is 5.75 Å². The Bertz CT molecular complexity index is 601. The van der Waals surface area contributed by atoms with Crippen molar-refractivity contribution in [2.45, 2.75) is 13.0 Å². The molecule has 0 fully saturated rings. The van der Waals surface area contributed by atoms with E-state index < -0.39 is 11.9 Å². The van der Waals surface area contributed by atoms with Gasteiger partial charge >= 0.3 is 0 Å². The maximum absolute atomic E-state index is 13.0. The van der Waals surface area contributed by atoms with Crippen molar-refractivity contribution >= 4 is 27.5 Å². The number of anilines is 1. The van der Waals surface area contributed by atoms with Crippen LogP contribution in [0.15, 0.2) is 53.0 Å². The molecule has 0 aliphatic rings. The maximum atomic E-state index is 13.0. The number of carbonyl (C=O) groups excluding carboxylic acids is 1. The lowest BCUT2D eigenvalue weighted by atomic mass is 10.3. The highest BCUT2D eigenvalue weighted by Gasteiger charge is 2.15. The molecule has 104 valence electrons. The van der Waals surface area contributed by atoms with Crippen LogP contribution in [0.1, 0.15) is 6.92 Å². The minimum Gasteiger partial charge on any atom is -0.481 e. The summed E-state index contributed by atoms with van der Waals surface area (Å²) in [6.45, 7) is 1.64. The van der Waals surface area contributed by atoms with Crippen LogP contribution >= 0.6 is 15.9 Å². The van der Waals surface area contributed by atoms with E-state index in [4.69, 9.17) is 4.74 Å². The average Bonchev–Trinajstić information content (AvgIpc) is 2.41. The third-order valence-electron chi connectivity index (χ3n) is 2.59. The van der Waals surface area contributed by atoms with E-state index in [2.05, 4.69) is 21.2 Å². The monoisotopic (exact) mass is 337 g/mol. The number of benzene rings is 2. The molecule has 2 aromatic rings. The van der Waals surface area contributed by atoms with Crippen LogP contribution in [-0.4, -0.2) is 12.0 Å². The Kier molecular flexibility index (Phi) is 4.74. The highest BCUT2D eigenvalue weighted by Crippen LogP contribution is 2.18. The van der Waals surface area contributed by atoms with Crippen molar-refractivity contribution in [1.82, 2.24) is 0 Å². The highest BCUT2D eigenvalue weighted by molar-refractivity contribution is 9.10. The number of hydrogen-bond donors (Lipinski definition) is 1. The predicted molar refractivity (Wildman–Crippen MR) is 79.3 cm³/mol. The summed E-state index contributed by atoms with van der Waals surface area (Å²) in [7, 11) is 0. The third kappa shape index (κ3) is 4.06. The van der Waals surface area contributed by atoms with Gasteiger partial charge in [-0.15, -0.1) is 0 Å². The van der Waals surface area contributed by atoms with Crippen molar-refractivity contribution < 1.29 is 13.9 Å². The van der Waals surface area contributed by atoms with Gasteiger partial charge in [-0.25, -0.2) is 4.39 Å². The molecule has 0 bridgehead atoms. The molecule has 2 rings (SSSR count). The Morgan fingerprint density at radius 3 is 2.60 bits per heavy atom. The molecule has 5 heteroatoms. The van der Waals surface area contributed by atoms with Gasteiger partial charge in [0.2, 0.25) is 0 Å². The number of carbonyl (C=O) groups is 1. The first-order chi connectivity index (χ1) is 9.54. The van der Waals surface area contributed by atoms with Crippen LogP contribution in [0.25, 0.3) is 0 Å². The maximum Gasteiger partial charge on any atom is 0.265 e. The summed E-state index contributed by atoms with van der Waals surface area (Å²) in [4.78, 5) is 11.9. The standard InChI is InChI=1S/C15H13BrFNO2/c1-10(20-14-7-5-11(16)6-8-14)15(19)18-13-4-2-3-12(17)9-13/h2-10H,1H3,(H,18,19)/t10-/m0/s1. The Balaban J connectivity index is 1.96. The SMILES string of the molecule is C[C@H](Oc1ccc(Br)cc1)C(=O)Nc1cccc(F)c1. The second-order valence-electron chi connectivity index (χ2n) is 4.21. The molecule has 1 N–H and O–H groups in total. The second-order valence-corrected chi connectivity index (χ2v) is 5.13. The van der Waals surface area contributed by atoms with E-state index in [0.29, 0.717) is 11.4 Å². The Morgan fingerprint density at radius 1 is 1.25 bits per heavy atom. The Labute approximate surface area is 124 Å².